The van der Waals surface area contributed by atoms with Gasteiger partial charge in [0.2, 0.25) is 5.91 Å². The van der Waals surface area contributed by atoms with Crippen LogP contribution >= 0.6 is 11.3 Å². The number of hydrogen-bond donors (Lipinski definition) is 1. The van der Waals surface area contributed by atoms with Crippen molar-refractivity contribution in [3.05, 3.63) is 16.6 Å². The summed E-state index contributed by atoms with van der Waals surface area (Å²) >= 11 is 1.60. The lowest BCUT2D eigenvalue weighted by Crippen LogP contribution is -2.37. The molecule has 17 heavy (non-hydrogen) atoms. The molecule has 2 heterocycles. The number of carbonyl (C=O) groups is 1. The Labute approximate surface area is 105 Å². The number of nitrogens with zero attached hydrogens (tertiary/aromatic N) is 3. The minimum absolute atomic E-state index is 0.0823. The second kappa shape index (κ2) is 5.57. The summed E-state index contributed by atoms with van der Waals surface area (Å²) in [4.78, 5) is 20.1. The molecular weight excluding hydrogens is 236 g/mol. The van der Waals surface area contributed by atoms with Crippen LogP contribution in [0, 0.1) is 5.92 Å². The van der Waals surface area contributed by atoms with Gasteiger partial charge in [-0.05, 0) is 7.05 Å². The summed E-state index contributed by atoms with van der Waals surface area (Å²) in [5, 5.41) is 2.05. The van der Waals surface area contributed by atoms with E-state index in [0.717, 1.165) is 38.4 Å². The number of aromatic nitrogens is 1. The summed E-state index contributed by atoms with van der Waals surface area (Å²) < 4.78 is 0. The van der Waals surface area contributed by atoms with Crippen LogP contribution in [0.5, 0.6) is 0 Å². The van der Waals surface area contributed by atoms with Crippen LogP contribution in [0.3, 0.4) is 0 Å². The quantitative estimate of drug-likeness (QED) is 0.824. The van der Waals surface area contributed by atoms with Gasteiger partial charge in [-0.3, -0.25) is 9.69 Å². The van der Waals surface area contributed by atoms with Gasteiger partial charge in [0.1, 0.15) is 0 Å². The topological polar surface area (TPSA) is 62.5 Å². The van der Waals surface area contributed by atoms with Crippen LogP contribution in [0.15, 0.2) is 10.9 Å². The van der Waals surface area contributed by atoms with E-state index < -0.39 is 0 Å². The Morgan fingerprint density at radius 3 is 3.06 bits per heavy atom. The molecule has 1 amide bonds. The monoisotopic (exact) mass is 254 g/mol. The summed E-state index contributed by atoms with van der Waals surface area (Å²) in [5.41, 5.74) is 8.34. The van der Waals surface area contributed by atoms with E-state index in [9.17, 15) is 4.79 Å². The highest BCUT2D eigenvalue weighted by molar-refractivity contribution is 7.07. The first-order valence-electron chi connectivity index (χ1n) is 5.72. The van der Waals surface area contributed by atoms with E-state index in [1.807, 2.05) is 17.9 Å². The average molecular weight is 254 g/mol. The SMILES string of the molecule is CN1CCN(Cc2cscn2)C[C@H](C(N)=O)C1. The molecule has 0 saturated carbocycles. The lowest BCUT2D eigenvalue weighted by Gasteiger charge is -2.21. The highest BCUT2D eigenvalue weighted by Gasteiger charge is 2.24. The molecule has 0 aromatic carbocycles. The van der Waals surface area contributed by atoms with Gasteiger partial charge in [0.25, 0.3) is 0 Å². The molecular formula is C11H18N4OS. The third-order valence-electron chi connectivity index (χ3n) is 3.08. The molecule has 0 radical (unpaired) electrons. The average Bonchev–Trinajstić information content (AvgIpc) is 2.70. The number of likely N-dealkylation sites (N-methyl/N-ethyl adjacent to an activating group) is 1. The summed E-state index contributed by atoms with van der Waals surface area (Å²) in [6.45, 7) is 4.22. The first-order chi connectivity index (χ1) is 8.15. The van der Waals surface area contributed by atoms with Crippen LogP contribution < -0.4 is 5.73 Å². The van der Waals surface area contributed by atoms with Gasteiger partial charge in [-0.15, -0.1) is 11.3 Å². The van der Waals surface area contributed by atoms with Gasteiger partial charge in [-0.25, -0.2) is 4.98 Å². The predicted molar refractivity (Wildman–Crippen MR) is 67.6 cm³/mol. The smallest absolute Gasteiger partial charge is 0.223 e. The van der Waals surface area contributed by atoms with Crippen LogP contribution in [-0.4, -0.2) is 53.9 Å². The minimum atomic E-state index is -0.206. The van der Waals surface area contributed by atoms with Crippen molar-refractivity contribution in [3.63, 3.8) is 0 Å². The third kappa shape index (κ3) is 3.49. The van der Waals surface area contributed by atoms with Crippen molar-refractivity contribution >= 4 is 17.2 Å². The summed E-state index contributed by atoms with van der Waals surface area (Å²) in [7, 11) is 2.03. The molecule has 6 heteroatoms. The lowest BCUT2D eigenvalue weighted by atomic mass is 10.1. The third-order valence-corrected chi connectivity index (χ3v) is 3.72. The van der Waals surface area contributed by atoms with E-state index in [1.165, 1.54) is 0 Å². The Morgan fingerprint density at radius 2 is 2.41 bits per heavy atom. The van der Waals surface area contributed by atoms with Crippen LogP contribution in [0.4, 0.5) is 0 Å². The highest BCUT2D eigenvalue weighted by Crippen LogP contribution is 2.12. The number of primary amides is 1. The Balaban J connectivity index is 1.99. The lowest BCUT2D eigenvalue weighted by molar-refractivity contribution is -0.122. The number of amides is 1. The maximum Gasteiger partial charge on any atom is 0.223 e. The second-order valence-corrected chi connectivity index (χ2v) is 5.30. The van der Waals surface area contributed by atoms with Crippen molar-refractivity contribution < 1.29 is 4.79 Å². The summed E-state index contributed by atoms with van der Waals surface area (Å²) in [6.07, 6.45) is 0. The Bertz CT molecular complexity index is 368. The fourth-order valence-electron chi connectivity index (χ4n) is 2.11. The van der Waals surface area contributed by atoms with E-state index in [-0.39, 0.29) is 11.8 Å². The fraction of sp³-hybridized carbons (Fsp3) is 0.636. The summed E-state index contributed by atoms with van der Waals surface area (Å²) in [6, 6.07) is 0. The number of carbonyl (C=O) groups excluding carboxylic acids is 1. The first kappa shape index (κ1) is 12.5. The normalized spacial score (nSPS) is 23.5. The fourth-order valence-corrected chi connectivity index (χ4v) is 2.66. The number of thiazole rings is 1. The molecule has 0 aliphatic carbocycles. The molecule has 1 saturated heterocycles. The molecule has 1 aliphatic heterocycles. The van der Waals surface area contributed by atoms with Crippen molar-refractivity contribution in [2.24, 2.45) is 11.7 Å². The maximum absolute atomic E-state index is 11.4. The minimum Gasteiger partial charge on any atom is -0.369 e. The summed E-state index contributed by atoms with van der Waals surface area (Å²) in [5.74, 6) is -0.289. The van der Waals surface area contributed by atoms with Crippen molar-refractivity contribution in [2.45, 2.75) is 6.54 Å². The van der Waals surface area contributed by atoms with Crippen LogP contribution in [-0.2, 0) is 11.3 Å². The molecule has 1 aliphatic rings. The Morgan fingerprint density at radius 1 is 1.59 bits per heavy atom. The van der Waals surface area contributed by atoms with Gasteiger partial charge in [0, 0.05) is 38.1 Å². The van der Waals surface area contributed by atoms with E-state index in [1.54, 1.807) is 11.3 Å². The van der Waals surface area contributed by atoms with Crippen molar-refractivity contribution in [3.8, 4) is 0 Å². The Kier molecular flexibility index (Phi) is 4.09. The zero-order valence-electron chi connectivity index (χ0n) is 10.0. The number of hydrogen-bond acceptors (Lipinski definition) is 5. The van der Waals surface area contributed by atoms with Crippen molar-refractivity contribution in [1.82, 2.24) is 14.8 Å². The number of nitrogens with two attached hydrogens (primary N) is 1. The van der Waals surface area contributed by atoms with Crippen molar-refractivity contribution in [1.29, 1.82) is 0 Å². The van der Waals surface area contributed by atoms with Gasteiger partial charge in [-0.1, -0.05) is 0 Å². The molecule has 0 unspecified atom stereocenters. The van der Waals surface area contributed by atoms with Gasteiger partial charge in [0.15, 0.2) is 0 Å². The molecule has 0 bridgehead atoms. The molecule has 2 rings (SSSR count). The molecule has 94 valence electrons. The maximum atomic E-state index is 11.4. The van der Waals surface area contributed by atoms with Gasteiger partial charge >= 0.3 is 0 Å². The van der Waals surface area contributed by atoms with E-state index >= 15 is 0 Å². The van der Waals surface area contributed by atoms with E-state index in [2.05, 4.69) is 14.8 Å². The predicted octanol–water partition coefficient (Wildman–Crippen LogP) is -0.00800. The standard InChI is InChI=1S/C11H18N4OS/c1-14-2-3-15(5-9(4-14)11(12)16)6-10-7-17-8-13-10/h7-9H,2-6H2,1H3,(H2,12,16)/t9-/m1/s1. The molecule has 1 fully saturated rings. The van der Waals surface area contributed by atoms with E-state index in [0.29, 0.717) is 0 Å². The molecule has 1 aromatic rings. The molecule has 0 spiro atoms. The zero-order valence-corrected chi connectivity index (χ0v) is 10.8. The van der Waals surface area contributed by atoms with Gasteiger partial charge in [0.05, 0.1) is 17.1 Å². The second-order valence-electron chi connectivity index (χ2n) is 4.58. The molecule has 5 nitrogen and oxygen atoms in total. The van der Waals surface area contributed by atoms with Crippen LogP contribution in [0.25, 0.3) is 0 Å². The zero-order chi connectivity index (χ0) is 12.3. The van der Waals surface area contributed by atoms with Gasteiger partial charge in [-0.2, -0.15) is 0 Å². The largest absolute Gasteiger partial charge is 0.369 e. The Hall–Kier alpha value is -0.980. The van der Waals surface area contributed by atoms with Crippen molar-refractivity contribution in [2.75, 3.05) is 33.2 Å². The number of rotatable bonds is 3. The first-order valence-corrected chi connectivity index (χ1v) is 6.66. The van der Waals surface area contributed by atoms with Gasteiger partial charge < -0.3 is 10.6 Å². The molecule has 1 atom stereocenters. The molecule has 1 aromatic heterocycles. The highest BCUT2D eigenvalue weighted by atomic mass is 32.1. The molecule has 2 N–H and O–H groups in total. The van der Waals surface area contributed by atoms with Crippen LogP contribution in [0.2, 0.25) is 0 Å². The van der Waals surface area contributed by atoms with Crippen LogP contribution in [0.1, 0.15) is 5.69 Å². The van der Waals surface area contributed by atoms with E-state index in [4.69, 9.17) is 5.73 Å².